The lowest BCUT2D eigenvalue weighted by Crippen LogP contribution is -2.09. The van der Waals surface area contributed by atoms with E-state index >= 15 is 0 Å². The van der Waals surface area contributed by atoms with Gasteiger partial charge in [-0.1, -0.05) is 79.6 Å². The Hall–Kier alpha value is -0.530. The number of primary amides is 1. The van der Waals surface area contributed by atoms with Gasteiger partial charge in [-0.25, -0.2) is 0 Å². The van der Waals surface area contributed by atoms with Crippen LogP contribution in [0.4, 0.5) is 0 Å². The van der Waals surface area contributed by atoms with Gasteiger partial charge in [0.1, 0.15) is 0 Å². The number of hydrogen-bond donors (Lipinski definition) is 1. The molecule has 2 N–H and O–H groups in total. The second kappa shape index (κ2) is 16.5. The van der Waals surface area contributed by atoms with E-state index in [0.29, 0.717) is 6.42 Å². The van der Waals surface area contributed by atoms with E-state index in [1.165, 1.54) is 44.9 Å². The third-order valence-electron chi connectivity index (χ3n) is 3.87. The third-order valence-corrected chi connectivity index (χ3v) is 3.87. The van der Waals surface area contributed by atoms with Gasteiger partial charge in [0, 0.05) is 6.42 Å². The zero-order valence-corrected chi connectivity index (χ0v) is 14.7. The summed E-state index contributed by atoms with van der Waals surface area (Å²) in [7, 11) is 0. The standard InChI is InChI=1S/C16H33NO.C2H6/c1-4-14(2)13-15(3)11-9-7-5-6-8-10-12-16(17)18;1-2/h14-15H,4-13H2,1-3H3,(H2,17,18);1-2H3. The lowest BCUT2D eigenvalue weighted by molar-refractivity contribution is -0.118. The second-order valence-electron chi connectivity index (χ2n) is 5.98. The molecular weight excluding hydrogens is 246 g/mol. The molecule has 0 aliphatic rings. The summed E-state index contributed by atoms with van der Waals surface area (Å²) < 4.78 is 0. The van der Waals surface area contributed by atoms with Crippen LogP contribution in [0.25, 0.3) is 0 Å². The average molecular weight is 286 g/mol. The van der Waals surface area contributed by atoms with Crippen LogP contribution in [0.5, 0.6) is 0 Å². The van der Waals surface area contributed by atoms with Crippen LogP contribution in [0.2, 0.25) is 0 Å². The first-order valence-corrected chi connectivity index (χ1v) is 8.84. The minimum absolute atomic E-state index is 0.158. The Morgan fingerprint density at radius 1 is 0.900 bits per heavy atom. The Balaban J connectivity index is 0. The maximum atomic E-state index is 10.5. The molecule has 0 aromatic heterocycles. The summed E-state index contributed by atoms with van der Waals surface area (Å²) in [5.74, 6) is 1.61. The highest BCUT2D eigenvalue weighted by atomic mass is 16.1. The van der Waals surface area contributed by atoms with Crippen molar-refractivity contribution in [1.82, 2.24) is 0 Å². The molecule has 0 aromatic carbocycles. The first-order chi connectivity index (χ1) is 9.56. The molecule has 0 spiro atoms. The van der Waals surface area contributed by atoms with Gasteiger partial charge >= 0.3 is 0 Å². The molecule has 2 nitrogen and oxygen atoms in total. The van der Waals surface area contributed by atoms with Crippen LogP contribution in [0.3, 0.4) is 0 Å². The van der Waals surface area contributed by atoms with E-state index in [1.54, 1.807) is 0 Å². The molecule has 2 heteroatoms. The Kier molecular flexibility index (Phi) is 18.0. The summed E-state index contributed by atoms with van der Waals surface area (Å²) in [6.07, 6.45) is 12.1. The predicted octanol–water partition coefficient (Wildman–Crippen LogP) is 5.69. The van der Waals surface area contributed by atoms with Crippen LogP contribution < -0.4 is 5.73 Å². The van der Waals surface area contributed by atoms with Crippen molar-refractivity contribution < 1.29 is 4.79 Å². The summed E-state index contributed by atoms with van der Waals surface area (Å²) in [5.41, 5.74) is 5.10. The highest BCUT2D eigenvalue weighted by Gasteiger charge is 2.06. The molecule has 0 fully saturated rings. The number of nitrogens with two attached hydrogens (primary N) is 1. The fourth-order valence-electron chi connectivity index (χ4n) is 2.47. The van der Waals surface area contributed by atoms with Crippen molar-refractivity contribution in [3.8, 4) is 0 Å². The van der Waals surface area contributed by atoms with E-state index in [9.17, 15) is 4.79 Å². The van der Waals surface area contributed by atoms with Gasteiger partial charge < -0.3 is 5.73 Å². The van der Waals surface area contributed by atoms with Crippen molar-refractivity contribution in [2.75, 3.05) is 0 Å². The lowest BCUT2D eigenvalue weighted by atomic mass is 9.91. The van der Waals surface area contributed by atoms with Gasteiger partial charge in [-0.3, -0.25) is 4.79 Å². The number of unbranched alkanes of at least 4 members (excludes halogenated alkanes) is 5. The second-order valence-corrected chi connectivity index (χ2v) is 5.98. The van der Waals surface area contributed by atoms with E-state index in [0.717, 1.165) is 24.7 Å². The first-order valence-electron chi connectivity index (χ1n) is 8.84. The molecule has 2 unspecified atom stereocenters. The fraction of sp³-hybridized carbons (Fsp3) is 0.944. The molecule has 0 saturated heterocycles. The number of amides is 1. The molecule has 0 saturated carbocycles. The van der Waals surface area contributed by atoms with Gasteiger partial charge in [0.2, 0.25) is 5.91 Å². The van der Waals surface area contributed by atoms with Crippen LogP contribution in [-0.4, -0.2) is 5.91 Å². The maximum Gasteiger partial charge on any atom is 0.217 e. The van der Waals surface area contributed by atoms with E-state index in [2.05, 4.69) is 20.8 Å². The Bertz CT molecular complexity index is 204. The molecule has 2 atom stereocenters. The van der Waals surface area contributed by atoms with Crippen molar-refractivity contribution in [2.24, 2.45) is 17.6 Å². The van der Waals surface area contributed by atoms with E-state index in [1.807, 2.05) is 13.8 Å². The van der Waals surface area contributed by atoms with Crippen molar-refractivity contribution in [3.05, 3.63) is 0 Å². The van der Waals surface area contributed by atoms with Gasteiger partial charge in [-0.15, -0.1) is 0 Å². The summed E-state index contributed by atoms with van der Waals surface area (Å²) in [4.78, 5) is 10.5. The van der Waals surface area contributed by atoms with Crippen molar-refractivity contribution >= 4 is 5.91 Å². The number of rotatable bonds is 12. The normalized spacial score (nSPS) is 13.2. The Labute approximate surface area is 127 Å². The summed E-state index contributed by atoms with van der Waals surface area (Å²) >= 11 is 0. The van der Waals surface area contributed by atoms with E-state index in [4.69, 9.17) is 5.73 Å². The summed E-state index contributed by atoms with van der Waals surface area (Å²) in [6, 6.07) is 0. The van der Waals surface area contributed by atoms with Crippen LogP contribution in [-0.2, 0) is 4.79 Å². The van der Waals surface area contributed by atoms with Crippen LogP contribution >= 0.6 is 0 Å². The molecule has 0 aliphatic carbocycles. The largest absolute Gasteiger partial charge is 0.370 e. The molecular formula is C18H39NO. The predicted molar refractivity (Wildman–Crippen MR) is 90.7 cm³/mol. The smallest absolute Gasteiger partial charge is 0.217 e. The maximum absolute atomic E-state index is 10.5. The average Bonchev–Trinajstić information content (AvgIpc) is 2.43. The molecule has 0 radical (unpaired) electrons. The van der Waals surface area contributed by atoms with Gasteiger partial charge in [-0.2, -0.15) is 0 Å². The summed E-state index contributed by atoms with van der Waals surface area (Å²) in [5, 5.41) is 0. The SMILES string of the molecule is CC.CCC(C)CC(C)CCCCCCCCC(N)=O. The molecule has 0 aromatic rings. The highest BCUT2D eigenvalue weighted by Crippen LogP contribution is 2.20. The molecule has 122 valence electrons. The minimum atomic E-state index is -0.158. The van der Waals surface area contributed by atoms with Gasteiger partial charge in [0.15, 0.2) is 0 Å². The monoisotopic (exact) mass is 285 g/mol. The van der Waals surface area contributed by atoms with Gasteiger partial charge in [0.05, 0.1) is 0 Å². The Morgan fingerprint density at radius 2 is 1.40 bits per heavy atom. The van der Waals surface area contributed by atoms with E-state index in [-0.39, 0.29) is 5.91 Å². The van der Waals surface area contributed by atoms with Crippen molar-refractivity contribution in [1.29, 1.82) is 0 Å². The van der Waals surface area contributed by atoms with E-state index < -0.39 is 0 Å². The molecule has 0 bridgehead atoms. The minimum Gasteiger partial charge on any atom is -0.370 e. The molecule has 0 rings (SSSR count). The zero-order valence-electron chi connectivity index (χ0n) is 14.7. The molecule has 20 heavy (non-hydrogen) atoms. The zero-order chi connectivity index (χ0) is 15.8. The number of carbonyl (C=O) groups excluding carboxylic acids is 1. The topological polar surface area (TPSA) is 43.1 Å². The molecule has 1 amide bonds. The van der Waals surface area contributed by atoms with Crippen LogP contribution in [0.15, 0.2) is 0 Å². The van der Waals surface area contributed by atoms with Gasteiger partial charge in [-0.05, 0) is 24.7 Å². The number of carbonyl (C=O) groups is 1. The first kappa shape index (κ1) is 21.8. The molecule has 0 aliphatic heterocycles. The van der Waals surface area contributed by atoms with Crippen LogP contribution in [0, 0.1) is 11.8 Å². The van der Waals surface area contributed by atoms with Gasteiger partial charge in [0.25, 0.3) is 0 Å². The van der Waals surface area contributed by atoms with Crippen molar-refractivity contribution in [2.45, 2.75) is 98.8 Å². The fourth-order valence-corrected chi connectivity index (χ4v) is 2.47. The Morgan fingerprint density at radius 3 is 1.90 bits per heavy atom. The third kappa shape index (κ3) is 17.5. The highest BCUT2D eigenvalue weighted by molar-refractivity contribution is 5.73. The lowest BCUT2D eigenvalue weighted by Gasteiger charge is -2.15. The quantitative estimate of drug-likeness (QED) is 0.460. The number of hydrogen-bond acceptors (Lipinski definition) is 1. The van der Waals surface area contributed by atoms with Crippen molar-refractivity contribution in [3.63, 3.8) is 0 Å². The van der Waals surface area contributed by atoms with Crippen LogP contribution in [0.1, 0.15) is 98.8 Å². The summed E-state index contributed by atoms with van der Waals surface area (Å²) in [6.45, 7) is 11.0. The molecule has 0 heterocycles.